The maximum absolute atomic E-state index is 12.3. The summed E-state index contributed by atoms with van der Waals surface area (Å²) in [6.45, 7) is 4.52. The van der Waals surface area contributed by atoms with Crippen LogP contribution >= 0.6 is 0 Å². The van der Waals surface area contributed by atoms with Gasteiger partial charge in [-0.05, 0) is 30.2 Å². The third-order valence-electron chi connectivity index (χ3n) is 6.61. The minimum Gasteiger partial charge on any atom is -0.494 e. The zero-order chi connectivity index (χ0) is 19.0. The number of fused-ring (bicyclic) bond motifs is 1. The Morgan fingerprint density at radius 2 is 1.89 bits per heavy atom. The summed E-state index contributed by atoms with van der Waals surface area (Å²) in [5, 5.41) is 14.3. The van der Waals surface area contributed by atoms with E-state index in [9.17, 15) is 14.7 Å². The minimum absolute atomic E-state index is 0.0177. The fourth-order valence-electron chi connectivity index (χ4n) is 5.68. The molecular weight excluding hydrogens is 342 g/mol. The summed E-state index contributed by atoms with van der Waals surface area (Å²) in [6, 6.07) is 5.32. The average Bonchev–Trinajstić information content (AvgIpc) is 3.09. The second-order valence-corrected chi connectivity index (χ2v) is 8.80. The van der Waals surface area contributed by atoms with E-state index in [1.54, 1.807) is 0 Å². The molecule has 2 aliphatic heterocycles. The molecule has 1 saturated carbocycles. The Labute approximate surface area is 157 Å². The maximum atomic E-state index is 12.3. The van der Waals surface area contributed by atoms with Gasteiger partial charge in [0.15, 0.2) is 0 Å². The van der Waals surface area contributed by atoms with Crippen LogP contribution in [-0.2, 0) is 15.7 Å². The van der Waals surface area contributed by atoms with Crippen molar-refractivity contribution in [1.29, 1.82) is 0 Å². The molecule has 27 heavy (non-hydrogen) atoms. The van der Waals surface area contributed by atoms with Crippen LogP contribution in [0.25, 0.3) is 10.9 Å². The number of aromatic hydroxyl groups is 1. The van der Waals surface area contributed by atoms with Crippen LogP contribution < -0.4 is 5.32 Å². The number of benzene rings is 1. The number of nitrogens with one attached hydrogen (secondary N) is 1. The Morgan fingerprint density at radius 3 is 2.56 bits per heavy atom. The van der Waals surface area contributed by atoms with Gasteiger partial charge >= 0.3 is 6.03 Å². The summed E-state index contributed by atoms with van der Waals surface area (Å²) >= 11 is 0. The Morgan fingerprint density at radius 1 is 1.15 bits per heavy atom. The second-order valence-electron chi connectivity index (χ2n) is 8.80. The van der Waals surface area contributed by atoms with E-state index in [-0.39, 0.29) is 22.5 Å². The number of rotatable bonds is 1. The molecule has 3 amide bonds. The smallest absolute Gasteiger partial charge is 0.348 e. The van der Waals surface area contributed by atoms with Crippen molar-refractivity contribution in [3.63, 3.8) is 0 Å². The molecule has 0 atom stereocenters. The van der Waals surface area contributed by atoms with Gasteiger partial charge in [0.05, 0.1) is 11.1 Å². The monoisotopic (exact) mass is 365 g/mol. The first-order chi connectivity index (χ1) is 12.8. The first-order valence-corrected chi connectivity index (χ1v) is 9.66. The van der Waals surface area contributed by atoms with Crippen LogP contribution in [0.3, 0.4) is 0 Å². The predicted octanol–water partition coefficient (Wildman–Crippen LogP) is 3.73. The predicted molar refractivity (Wildman–Crippen MR) is 102 cm³/mol. The van der Waals surface area contributed by atoms with Gasteiger partial charge in [-0.2, -0.15) is 4.99 Å². The largest absolute Gasteiger partial charge is 0.494 e. The van der Waals surface area contributed by atoms with Crippen molar-refractivity contribution in [3.05, 3.63) is 29.3 Å². The molecule has 3 heterocycles. The molecule has 1 aromatic heterocycles. The number of imide groups is 1. The standard InChI is InChI=1S/C21H23N3O3/c1-20(2)11-21(9-4-3-5-10-21)24-16-12(7-6-8-13(16)20)14(18(24)26)15-17(25)23-19(27)22-15/h6-8,26H,3-5,9-11H2,1-2H3,(H,23,25,27). The number of hydrogen-bond acceptors (Lipinski definition) is 3. The molecule has 140 valence electrons. The summed E-state index contributed by atoms with van der Waals surface area (Å²) in [7, 11) is 0. The third-order valence-corrected chi connectivity index (χ3v) is 6.61. The van der Waals surface area contributed by atoms with Crippen LogP contribution in [0.15, 0.2) is 23.2 Å². The van der Waals surface area contributed by atoms with Gasteiger partial charge in [-0.3, -0.25) is 10.1 Å². The van der Waals surface area contributed by atoms with Gasteiger partial charge in [0.25, 0.3) is 5.91 Å². The van der Waals surface area contributed by atoms with Crippen molar-refractivity contribution < 1.29 is 14.7 Å². The van der Waals surface area contributed by atoms with Crippen molar-refractivity contribution in [2.24, 2.45) is 4.99 Å². The highest BCUT2D eigenvalue weighted by molar-refractivity contribution is 6.53. The first-order valence-electron chi connectivity index (χ1n) is 9.66. The van der Waals surface area contributed by atoms with Crippen LogP contribution in [0.5, 0.6) is 5.88 Å². The van der Waals surface area contributed by atoms with E-state index in [1.807, 2.05) is 12.1 Å². The van der Waals surface area contributed by atoms with Gasteiger partial charge in [0.2, 0.25) is 5.88 Å². The molecule has 0 bridgehead atoms. The highest BCUT2D eigenvalue weighted by Gasteiger charge is 2.48. The Balaban J connectivity index is 1.89. The number of carbonyl (C=O) groups excluding carboxylic acids is 2. The van der Waals surface area contributed by atoms with Crippen LogP contribution in [0.2, 0.25) is 0 Å². The average molecular weight is 365 g/mol. The molecule has 0 radical (unpaired) electrons. The van der Waals surface area contributed by atoms with Gasteiger partial charge in [0.1, 0.15) is 5.71 Å². The van der Waals surface area contributed by atoms with Gasteiger partial charge < -0.3 is 9.67 Å². The van der Waals surface area contributed by atoms with E-state index in [0.717, 1.165) is 43.0 Å². The lowest BCUT2D eigenvalue weighted by molar-refractivity contribution is -0.113. The van der Waals surface area contributed by atoms with Gasteiger partial charge in [-0.1, -0.05) is 51.3 Å². The molecule has 5 rings (SSSR count). The van der Waals surface area contributed by atoms with Gasteiger partial charge in [0, 0.05) is 10.9 Å². The number of amides is 3. The lowest BCUT2D eigenvalue weighted by Crippen LogP contribution is -2.44. The molecule has 2 aromatic rings. The molecular formula is C21H23N3O3. The number of urea groups is 1. The SMILES string of the molecule is CC1(C)CC2(CCCCC2)n2c(O)c(C3=NC(=O)NC3=O)c3cccc1c32. The molecule has 1 aliphatic carbocycles. The van der Waals surface area contributed by atoms with E-state index in [0.29, 0.717) is 5.56 Å². The van der Waals surface area contributed by atoms with E-state index < -0.39 is 11.9 Å². The molecule has 0 unspecified atom stereocenters. The van der Waals surface area contributed by atoms with Crippen molar-refractivity contribution >= 4 is 28.6 Å². The van der Waals surface area contributed by atoms with E-state index in [4.69, 9.17) is 0 Å². The third kappa shape index (κ3) is 2.10. The lowest BCUT2D eigenvalue weighted by atomic mass is 9.66. The topological polar surface area (TPSA) is 83.7 Å². The van der Waals surface area contributed by atoms with Crippen molar-refractivity contribution in [2.45, 2.75) is 63.3 Å². The van der Waals surface area contributed by atoms with Crippen molar-refractivity contribution in [1.82, 2.24) is 9.88 Å². The Bertz CT molecular complexity index is 1040. The minimum atomic E-state index is -0.672. The highest BCUT2D eigenvalue weighted by atomic mass is 16.3. The molecule has 1 fully saturated rings. The lowest BCUT2D eigenvalue weighted by Gasteiger charge is -2.48. The van der Waals surface area contributed by atoms with Crippen LogP contribution in [0.4, 0.5) is 4.79 Å². The Hall–Kier alpha value is -2.63. The molecule has 1 spiro atoms. The summed E-state index contributed by atoms with van der Waals surface area (Å²) in [6.07, 6.45) is 6.45. The van der Waals surface area contributed by atoms with Crippen molar-refractivity contribution in [2.75, 3.05) is 0 Å². The molecule has 6 heteroatoms. The van der Waals surface area contributed by atoms with Gasteiger partial charge in [-0.15, -0.1) is 0 Å². The summed E-state index contributed by atoms with van der Waals surface area (Å²) in [5.41, 5.74) is 2.36. The summed E-state index contributed by atoms with van der Waals surface area (Å²) in [4.78, 5) is 27.8. The number of aliphatic imine (C=N–C) groups is 1. The number of aromatic nitrogens is 1. The summed E-state index contributed by atoms with van der Waals surface area (Å²) < 4.78 is 2.07. The fraction of sp³-hybridized carbons (Fsp3) is 0.476. The zero-order valence-electron chi connectivity index (χ0n) is 15.6. The second kappa shape index (κ2) is 5.21. The zero-order valence-corrected chi connectivity index (χ0v) is 15.6. The van der Waals surface area contributed by atoms with Crippen LogP contribution in [0, 0.1) is 0 Å². The molecule has 2 N–H and O–H groups in total. The quantitative estimate of drug-likeness (QED) is 0.808. The molecule has 6 nitrogen and oxygen atoms in total. The Kier molecular flexibility index (Phi) is 3.19. The maximum Gasteiger partial charge on any atom is 0.348 e. The molecule has 1 aromatic carbocycles. The number of nitrogens with zero attached hydrogens (tertiary/aromatic N) is 2. The van der Waals surface area contributed by atoms with Crippen LogP contribution in [-0.4, -0.2) is 27.3 Å². The summed E-state index contributed by atoms with van der Waals surface area (Å²) in [5.74, 6) is -0.477. The molecule has 3 aliphatic rings. The van der Waals surface area contributed by atoms with E-state index in [1.165, 1.54) is 12.0 Å². The van der Waals surface area contributed by atoms with Crippen LogP contribution in [0.1, 0.15) is 63.5 Å². The van der Waals surface area contributed by atoms with Crippen molar-refractivity contribution in [3.8, 4) is 5.88 Å². The van der Waals surface area contributed by atoms with Gasteiger partial charge in [-0.25, -0.2) is 4.79 Å². The first kappa shape index (κ1) is 16.5. The fourth-order valence-corrected chi connectivity index (χ4v) is 5.68. The van der Waals surface area contributed by atoms with E-state index >= 15 is 0 Å². The van der Waals surface area contributed by atoms with E-state index in [2.05, 4.69) is 34.8 Å². The number of para-hydroxylation sites is 1. The molecule has 0 saturated heterocycles. The number of carbonyl (C=O) groups is 2. The number of hydrogen-bond donors (Lipinski definition) is 2. The highest BCUT2D eigenvalue weighted by Crippen LogP contribution is 2.54. The normalized spacial score (nSPS) is 23.0.